The Morgan fingerprint density at radius 2 is 2.06 bits per heavy atom. The molecule has 0 radical (unpaired) electrons. The molecule has 1 aliphatic carbocycles. The summed E-state index contributed by atoms with van der Waals surface area (Å²) in [5, 5.41) is 19.8. The third kappa shape index (κ3) is 3.45. The molecule has 3 heteroatoms. The minimum atomic E-state index is -0.515. The molecule has 1 aromatic rings. The van der Waals surface area contributed by atoms with Crippen LogP contribution in [-0.2, 0) is 0 Å². The Labute approximate surface area is 102 Å². The van der Waals surface area contributed by atoms with Crippen LogP contribution in [0, 0.1) is 5.92 Å². The lowest BCUT2D eigenvalue weighted by atomic mass is 10.0. The largest absolute Gasteiger partial charge is 0.497 e. The lowest BCUT2D eigenvalue weighted by molar-refractivity contribution is 0.101. The van der Waals surface area contributed by atoms with Crippen LogP contribution in [0.4, 0.5) is 0 Å². The Morgan fingerprint density at radius 1 is 1.29 bits per heavy atom. The molecule has 1 fully saturated rings. The number of aliphatic hydroxyl groups is 2. The number of methoxy groups -OCH3 is 1. The fourth-order valence-electron chi connectivity index (χ4n) is 2.06. The number of ether oxygens (including phenoxy) is 1. The van der Waals surface area contributed by atoms with Gasteiger partial charge in [-0.2, -0.15) is 0 Å². The van der Waals surface area contributed by atoms with Crippen molar-refractivity contribution in [3.63, 3.8) is 0 Å². The van der Waals surface area contributed by atoms with E-state index in [4.69, 9.17) is 4.74 Å². The van der Waals surface area contributed by atoms with Crippen LogP contribution in [0.3, 0.4) is 0 Å². The van der Waals surface area contributed by atoms with Gasteiger partial charge in [-0.3, -0.25) is 0 Å². The molecule has 2 atom stereocenters. The molecule has 2 N–H and O–H groups in total. The molecule has 1 aromatic carbocycles. The predicted octanol–water partition coefficient (Wildman–Crippen LogP) is 2.28. The molecule has 2 rings (SSSR count). The van der Waals surface area contributed by atoms with Crippen molar-refractivity contribution < 1.29 is 14.9 Å². The van der Waals surface area contributed by atoms with Gasteiger partial charge in [0.25, 0.3) is 0 Å². The highest BCUT2D eigenvalue weighted by molar-refractivity contribution is 5.29. The molecule has 3 nitrogen and oxygen atoms in total. The molecule has 1 aliphatic rings. The molecule has 0 aliphatic heterocycles. The summed E-state index contributed by atoms with van der Waals surface area (Å²) in [5.41, 5.74) is 0.854. The maximum absolute atomic E-state index is 10.0. The first-order chi connectivity index (χ1) is 8.20. The Kier molecular flexibility index (Phi) is 4.02. The smallest absolute Gasteiger partial charge is 0.119 e. The maximum Gasteiger partial charge on any atom is 0.119 e. The van der Waals surface area contributed by atoms with Crippen molar-refractivity contribution in [2.75, 3.05) is 7.11 Å². The van der Waals surface area contributed by atoms with Gasteiger partial charge in [0.1, 0.15) is 5.75 Å². The van der Waals surface area contributed by atoms with Crippen LogP contribution < -0.4 is 4.74 Å². The van der Waals surface area contributed by atoms with E-state index in [1.165, 1.54) is 0 Å². The zero-order valence-corrected chi connectivity index (χ0v) is 10.2. The van der Waals surface area contributed by atoms with Crippen LogP contribution in [0.25, 0.3) is 0 Å². The first-order valence-electron chi connectivity index (χ1n) is 6.21. The van der Waals surface area contributed by atoms with Crippen molar-refractivity contribution in [1.82, 2.24) is 0 Å². The third-order valence-electron chi connectivity index (χ3n) is 3.38. The van der Waals surface area contributed by atoms with E-state index in [-0.39, 0.29) is 6.10 Å². The summed E-state index contributed by atoms with van der Waals surface area (Å²) in [6.07, 6.45) is 2.79. The highest BCUT2D eigenvalue weighted by atomic mass is 16.5. The van der Waals surface area contributed by atoms with Crippen molar-refractivity contribution in [2.45, 2.75) is 37.9 Å². The number of hydrogen-bond donors (Lipinski definition) is 2. The number of aliphatic hydroxyl groups excluding tert-OH is 2. The molecular formula is C14H20O3. The van der Waals surface area contributed by atoms with Crippen LogP contribution in [0.1, 0.15) is 37.4 Å². The highest BCUT2D eigenvalue weighted by Crippen LogP contribution is 2.35. The van der Waals surface area contributed by atoms with Gasteiger partial charge in [-0.15, -0.1) is 0 Å². The monoisotopic (exact) mass is 236 g/mol. The molecule has 0 saturated heterocycles. The fourth-order valence-corrected chi connectivity index (χ4v) is 2.06. The summed E-state index contributed by atoms with van der Waals surface area (Å²) in [4.78, 5) is 0. The van der Waals surface area contributed by atoms with Crippen LogP contribution >= 0.6 is 0 Å². The summed E-state index contributed by atoms with van der Waals surface area (Å²) < 4.78 is 5.12. The minimum absolute atomic E-state index is 0.241. The highest BCUT2D eigenvalue weighted by Gasteiger charge is 2.29. The average Bonchev–Trinajstić information content (AvgIpc) is 3.19. The summed E-state index contributed by atoms with van der Waals surface area (Å²) in [7, 11) is 1.61. The van der Waals surface area contributed by atoms with Crippen molar-refractivity contribution in [3.8, 4) is 5.75 Å². The molecule has 2 unspecified atom stereocenters. The van der Waals surface area contributed by atoms with Gasteiger partial charge in [-0.25, -0.2) is 0 Å². The Morgan fingerprint density at radius 3 is 2.71 bits per heavy atom. The van der Waals surface area contributed by atoms with Crippen LogP contribution in [0.2, 0.25) is 0 Å². The number of hydrogen-bond acceptors (Lipinski definition) is 3. The standard InChI is InChI=1S/C14H20O3/c1-17-12-4-2-3-11(9-12)14(16)8-7-13(15)10-5-6-10/h2-4,9-10,13-16H,5-8H2,1H3. The second kappa shape index (κ2) is 5.52. The van der Waals surface area contributed by atoms with Gasteiger partial charge in [-0.1, -0.05) is 12.1 Å². The quantitative estimate of drug-likeness (QED) is 0.796. The van der Waals surface area contributed by atoms with Crippen molar-refractivity contribution in [2.24, 2.45) is 5.92 Å². The second-order valence-electron chi connectivity index (χ2n) is 4.77. The van der Waals surface area contributed by atoms with Gasteiger partial charge in [0.2, 0.25) is 0 Å². The van der Waals surface area contributed by atoms with E-state index in [0.29, 0.717) is 18.8 Å². The van der Waals surface area contributed by atoms with E-state index in [0.717, 1.165) is 24.2 Å². The van der Waals surface area contributed by atoms with Gasteiger partial charge in [0, 0.05) is 0 Å². The van der Waals surface area contributed by atoms with Gasteiger partial charge in [0.15, 0.2) is 0 Å². The first kappa shape index (κ1) is 12.4. The van der Waals surface area contributed by atoms with Crippen molar-refractivity contribution in [1.29, 1.82) is 0 Å². The lowest BCUT2D eigenvalue weighted by Crippen LogP contribution is -2.11. The van der Waals surface area contributed by atoms with Crippen molar-refractivity contribution >= 4 is 0 Å². The van der Waals surface area contributed by atoms with E-state index in [2.05, 4.69) is 0 Å². The van der Waals surface area contributed by atoms with E-state index in [1.54, 1.807) is 7.11 Å². The van der Waals surface area contributed by atoms with E-state index >= 15 is 0 Å². The topological polar surface area (TPSA) is 49.7 Å². The maximum atomic E-state index is 10.0. The van der Waals surface area contributed by atoms with E-state index in [9.17, 15) is 10.2 Å². The molecule has 0 spiro atoms. The Hall–Kier alpha value is -1.06. The lowest BCUT2D eigenvalue weighted by Gasteiger charge is -2.14. The Balaban J connectivity index is 1.86. The number of benzene rings is 1. The molecule has 0 bridgehead atoms. The molecule has 1 saturated carbocycles. The zero-order valence-electron chi connectivity index (χ0n) is 10.2. The Bertz CT molecular complexity index is 360. The van der Waals surface area contributed by atoms with E-state index in [1.807, 2.05) is 24.3 Å². The first-order valence-corrected chi connectivity index (χ1v) is 6.21. The molecular weight excluding hydrogens is 216 g/mol. The SMILES string of the molecule is COc1cccc(C(O)CCC(O)C2CC2)c1. The van der Waals surface area contributed by atoms with Crippen LogP contribution in [0.5, 0.6) is 5.75 Å². The predicted molar refractivity (Wildman–Crippen MR) is 65.9 cm³/mol. The minimum Gasteiger partial charge on any atom is -0.497 e. The van der Waals surface area contributed by atoms with Gasteiger partial charge in [0.05, 0.1) is 19.3 Å². The van der Waals surface area contributed by atoms with Crippen molar-refractivity contribution in [3.05, 3.63) is 29.8 Å². The van der Waals surface area contributed by atoms with Crippen LogP contribution in [-0.4, -0.2) is 23.4 Å². The van der Waals surface area contributed by atoms with Gasteiger partial charge >= 0.3 is 0 Å². The molecule has 0 aromatic heterocycles. The second-order valence-corrected chi connectivity index (χ2v) is 4.77. The number of rotatable bonds is 6. The fraction of sp³-hybridized carbons (Fsp3) is 0.571. The van der Waals surface area contributed by atoms with Crippen LogP contribution in [0.15, 0.2) is 24.3 Å². The van der Waals surface area contributed by atoms with Gasteiger partial charge in [-0.05, 0) is 49.3 Å². The molecule has 0 amide bonds. The molecule has 17 heavy (non-hydrogen) atoms. The molecule has 94 valence electrons. The summed E-state index contributed by atoms with van der Waals surface area (Å²) in [6.45, 7) is 0. The average molecular weight is 236 g/mol. The summed E-state index contributed by atoms with van der Waals surface area (Å²) >= 11 is 0. The van der Waals surface area contributed by atoms with E-state index < -0.39 is 6.10 Å². The normalized spacial score (nSPS) is 18.8. The summed E-state index contributed by atoms with van der Waals surface area (Å²) in [6, 6.07) is 7.45. The third-order valence-corrected chi connectivity index (χ3v) is 3.38. The van der Waals surface area contributed by atoms with Gasteiger partial charge < -0.3 is 14.9 Å². The summed E-state index contributed by atoms with van der Waals surface area (Å²) in [5.74, 6) is 1.23. The molecule has 0 heterocycles. The zero-order chi connectivity index (χ0) is 12.3.